The summed E-state index contributed by atoms with van der Waals surface area (Å²) in [4.78, 5) is 22.0. The minimum absolute atomic E-state index is 0.276. The van der Waals surface area contributed by atoms with Crippen LogP contribution in [0.2, 0.25) is 10.0 Å². The van der Waals surface area contributed by atoms with E-state index in [0.29, 0.717) is 53.3 Å². The summed E-state index contributed by atoms with van der Waals surface area (Å²) in [5.74, 6) is 1.01. The van der Waals surface area contributed by atoms with Gasteiger partial charge in [0.15, 0.2) is 0 Å². The van der Waals surface area contributed by atoms with Gasteiger partial charge in [-0.25, -0.2) is 9.97 Å². The van der Waals surface area contributed by atoms with E-state index in [4.69, 9.17) is 28.3 Å². The number of aliphatic carboxylic acids is 1. The molecule has 0 atom stereocenters. The zero-order chi connectivity index (χ0) is 18.0. The summed E-state index contributed by atoms with van der Waals surface area (Å²) in [6.45, 7) is 3.13. The molecule has 1 aromatic carbocycles. The van der Waals surface area contributed by atoms with E-state index in [-0.39, 0.29) is 5.92 Å². The maximum Gasteiger partial charge on any atom is 0.306 e. The van der Waals surface area contributed by atoms with Gasteiger partial charge in [0.25, 0.3) is 0 Å². The number of carboxylic acids is 1. The highest BCUT2D eigenvalue weighted by molar-refractivity contribution is 6.43. The molecular formula is C17H18Cl2N4O2. The first-order chi connectivity index (χ1) is 11.9. The Morgan fingerprint density at radius 1 is 1.28 bits per heavy atom. The van der Waals surface area contributed by atoms with E-state index in [0.717, 1.165) is 5.82 Å². The van der Waals surface area contributed by atoms with Gasteiger partial charge in [-0.1, -0.05) is 29.3 Å². The Labute approximate surface area is 155 Å². The molecule has 0 bridgehead atoms. The van der Waals surface area contributed by atoms with Crippen molar-refractivity contribution < 1.29 is 9.90 Å². The van der Waals surface area contributed by atoms with E-state index in [9.17, 15) is 4.79 Å². The van der Waals surface area contributed by atoms with Crippen LogP contribution in [0.25, 0.3) is 0 Å². The van der Waals surface area contributed by atoms with Gasteiger partial charge < -0.3 is 15.3 Å². The number of aryl methyl sites for hydroxylation is 1. The molecule has 0 radical (unpaired) electrons. The van der Waals surface area contributed by atoms with Crippen molar-refractivity contribution in [2.75, 3.05) is 23.3 Å². The van der Waals surface area contributed by atoms with Crippen LogP contribution in [-0.4, -0.2) is 34.1 Å². The average Bonchev–Trinajstić information content (AvgIpc) is 2.58. The maximum absolute atomic E-state index is 11.1. The Morgan fingerprint density at radius 2 is 2.00 bits per heavy atom. The van der Waals surface area contributed by atoms with Crippen LogP contribution in [0.15, 0.2) is 24.3 Å². The zero-order valence-corrected chi connectivity index (χ0v) is 15.2. The zero-order valence-electron chi connectivity index (χ0n) is 13.7. The van der Waals surface area contributed by atoms with Crippen LogP contribution in [0.1, 0.15) is 18.7 Å². The first kappa shape index (κ1) is 17.8. The molecule has 0 aliphatic carbocycles. The molecule has 1 aliphatic rings. The van der Waals surface area contributed by atoms with Gasteiger partial charge in [0.2, 0.25) is 0 Å². The summed E-state index contributed by atoms with van der Waals surface area (Å²) >= 11 is 12.3. The van der Waals surface area contributed by atoms with Gasteiger partial charge in [-0.05, 0) is 31.9 Å². The van der Waals surface area contributed by atoms with Crippen molar-refractivity contribution in [3.8, 4) is 0 Å². The number of carbonyl (C=O) groups is 1. The highest BCUT2D eigenvalue weighted by atomic mass is 35.5. The molecule has 1 fully saturated rings. The number of carboxylic acid groups (broad SMARTS) is 1. The number of hydrogen-bond donors (Lipinski definition) is 2. The summed E-state index contributed by atoms with van der Waals surface area (Å²) in [6.07, 6.45) is 1.22. The molecule has 0 amide bonds. The van der Waals surface area contributed by atoms with Crippen LogP contribution in [0.5, 0.6) is 0 Å². The molecule has 0 unspecified atom stereocenters. The lowest BCUT2D eigenvalue weighted by atomic mass is 9.97. The number of nitrogens with zero attached hydrogens (tertiary/aromatic N) is 3. The number of rotatable bonds is 4. The highest BCUT2D eigenvalue weighted by Crippen LogP contribution is 2.32. The van der Waals surface area contributed by atoms with Gasteiger partial charge in [-0.2, -0.15) is 0 Å². The van der Waals surface area contributed by atoms with Crippen molar-refractivity contribution in [2.45, 2.75) is 19.8 Å². The molecule has 2 heterocycles. The van der Waals surface area contributed by atoms with Gasteiger partial charge in [-0.15, -0.1) is 0 Å². The van der Waals surface area contributed by atoms with Crippen molar-refractivity contribution >= 4 is 46.5 Å². The summed E-state index contributed by atoms with van der Waals surface area (Å²) in [5.41, 5.74) is 0.669. The smallest absolute Gasteiger partial charge is 0.306 e. The number of nitrogens with one attached hydrogen (secondary N) is 1. The molecule has 1 aromatic heterocycles. The van der Waals surface area contributed by atoms with Crippen molar-refractivity contribution in [3.05, 3.63) is 40.1 Å². The second-order valence-corrected chi connectivity index (χ2v) is 6.77. The van der Waals surface area contributed by atoms with Crippen molar-refractivity contribution in [1.82, 2.24) is 9.97 Å². The van der Waals surface area contributed by atoms with Crippen molar-refractivity contribution in [2.24, 2.45) is 5.92 Å². The SMILES string of the molecule is Cc1nc(Nc2cccc(Cl)c2Cl)cc(N2CCC(C(=O)O)CC2)n1. The monoisotopic (exact) mass is 380 g/mol. The molecule has 8 heteroatoms. The molecule has 132 valence electrons. The Kier molecular flexibility index (Phi) is 5.30. The molecule has 0 spiro atoms. The summed E-state index contributed by atoms with van der Waals surface area (Å²) in [7, 11) is 0. The lowest BCUT2D eigenvalue weighted by molar-refractivity contribution is -0.142. The number of halogens is 2. The molecule has 6 nitrogen and oxygen atoms in total. The van der Waals surface area contributed by atoms with E-state index in [1.165, 1.54) is 0 Å². The van der Waals surface area contributed by atoms with E-state index in [1.54, 1.807) is 6.07 Å². The third-order valence-electron chi connectivity index (χ3n) is 4.21. The van der Waals surface area contributed by atoms with Crippen LogP contribution >= 0.6 is 23.2 Å². The lowest BCUT2D eigenvalue weighted by Gasteiger charge is -2.31. The van der Waals surface area contributed by atoms with E-state index < -0.39 is 5.97 Å². The Hall–Kier alpha value is -2.05. The summed E-state index contributed by atoms with van der Waals surface area (Å²) in [6, 6.07) is 7.19. The van der Waals surface area contributed by atoms with Crippen LogP contribution in [0, 0.1) is 12.8 Å². The third-order valence-corrected chi connectivity index (χ3v) is 5.03. The van der Waals surface area contributed by atoms with Crippen molar-refractivity contribution in [1.29, 1.82) is 0 Å². The molecular weight excluding hydrogens is 363 g/mol. The van der Waals surface area contributed by atoms with E-state index >= 15 is 0 Å². The van der Waals surface area contributed by atoms with Crippen LogP contribution in [0.3, 0.4) is 0 Å². The fourth-order valence-corrected chi connectivity index (χ4v) is 3.22. The summed E-state index contributed by atoms with van der Waals surface area (Å²) < 4.78 is 0. The molecule has 2 N–H and O–H groups in total. The van der Waals surface area contributed by atoms with E-state index in [2.05, 4.69) is 20.2 Å². The largest absolute Gasteiger partial charge is 0.481 e. The minimum atomic E-state index is -0.725. The van der Waals surface area contributed by atoms with Gasteiger partial charge in [0, 0.05) is 19.2 Å². The Morgan fingerprint density at radius 3 is 2.68 bits per heavy atom. The molecule has 1 aliphatic heterocycles. The topological polar surface area (TPSA) is 78.4 Å². The predicted octanol–water partition coefficient (Wildman–Crippen LogP) is 4.14. The third kappa shape index (κ3) is 4.14. The molecule has 25 heavy (non-hydrogen) atoms. The molecule has 0 saturated carbocycles. The van der Waals surface area contributed by atoms with Gasteiger partial charge >= 0.3 is 5.97 Å². The Bertz CT molecular complexity index is 792. The first-order valence-corrected chi connectivity index (χ1v) is 8.74. The minimum Gasteiger partial charge on any atom is -0.481 e. The maximum atomic E-state index is 11.1. The number of anilines is 3. The van der Waals surface area contributed by atoms with Crippen LogP contribution < -0.4 is 10.2 Å². The average molecular weight is 381 g/mol. The highest BCUT2D eigenvalue weighted by Gasteiger charge is 2.25. The second kappa shape index (κ2) is 7.45. The number of hydrogen-bond acceptors (Lipinski definition) is 5. The molecule has 2 aromatic rings. The lowest BCUT2D eigenvalue weighted by Crippen LogP contribution is -2.36. The standard InChI is InChI=1S/C17H18Cl2N4O2/c1-10-20-14(22-13-4-2-3-12(18)16(13)19)9-15(21-10)23-7-5-11(6-8-23)17(24)25/h2-4,9,11H,5-8H2,1H3,(H,24,25)(H,20,21,22). The van der Waals surface area contributed by atoms with E-state index in [1.807, 2.05) is 25.1 Å². The number of benzene rings is 1. The second-order valence-electron chi connectivity index (χ2n) is 5.98. The van der Waals surface area contributed by atoms with Gasteiger partial charge in [0.05, 0.1) is 21.7 Å². The van der Waals surface area contributed by atoms with Gasteiger partial charge in [0.1, 0.15) is 17.5 Å². The van der Waals surface area contributed by atoms with Crippen LogP contribution in [-0.2, 0) is 4.79 Å². The number of aromatic nitrogens is 2. The quantitative estimate of drug-likeness (QED) is 0.829. The Balaban J connectivity index is 1.79. The molecule has 1 saturated heterocycles. The van der Waals surface area contributed by atoms with Crippen LogP contribution in [0.4, 0.5) is 17.3 Å². The molecule has 3 rings (SSSR count). The fraction of sp³-hybridized carbons (Fsp3) is 0.353. The first-order valence-electron chi connectivity index (χ1n) is 7.98. The summed E-state index contributed by atoms with van der Waals surface area (Å²) in [5, 5.41) is 13.2. The normalized spacial score (nSPS) is 15.2. The van der Waals surface area contributed by atoms with Gasteiger partial charge in [-0.3, -0.25) is 4.79 Å². The fourth-order valence-electron chi connectivity index (χ4n) is 2.87. The van der Waals surface area contributed by atoms with Crippen molar-refractivity contribution in [3.63, 3.8) is 0 Å². The number of piperidine rings is 1. The predicted molar refractivity (Wildman–Crippen MR) is 99.1 cm³/mol.